The normalized spacial score (nSPS) is 18.5. The summed E-state index contributed by atoms with van der Waals surface area (Å²) in [5.41, 5.74) is 3.46. The minimum absolute atomic E-state index is 0.203. The van der Waals surface area contributed by atoms with Crippen LogP contribution in [0.15, 0.2) is 42.5 Å². The summed E-state index contributed by atoms with van der Waals surface area (Å²) >= 11 is 0. The van der Waals surface area contributed by atoms with E-state index in [1.54, 1.807) is 6.07 Å². The monoisotopic (exact) mass is 372 g/mol. The van der Waals surface area contributed by atoms with Gasteiger partial charge >= 0.3 is 0 Å². The molecule has 1 aliphatic rings. The van der Waals surface area contributed by atoms with E-state index < -0.39 is 0 Å². The molecule has 144 valence electrons. The Morgan fingerprint density at radius 2 is 1.54 bits per heavy atom. The van der Waals surface area contributed by atoms with Crippen molar-refractivity contribution in [2.45, 2.75) is 64.7 Å². The maximum atomic E-state index is 14.6. The highest BCUT2D eigenvalue weighted by Crippen LogP contribution is 2.37. The van der Waals surface area contributed by atoms with Gasteiger partial charge in [-0.3, -0.25) is 0 Å². The molecule has 2 aromatic rings. The van der Waals surface area contributed by atoms with Gasteiger partial charge in [-0.2, -0.15) is 0 Å². The summed E-state index contributed by atoms with van der Waals surface area (Å²) in [7, 11) is 0. The molecular weight excluding hydrogens is 343 g/mol. The topological polar surface area (TPSA) is 0 Å². The highest BCUT2D eigenvalue weighted by molar-refractivity contribution is 5.46. The number of rotatable bonds is 3. The molecule has 2 aromatic carbocycles. The van der Waals surface area contributed by atoms with Crippen molar-refractivity contribution >= 4 is 0 Å². The molecule has 0 heterocycles. The first-order chi connectivity index (χ1) is 13.7. The Kier molecular flexibility index (Phi) is 7.33. The number of hydrogen-bond acceptors (Lipinski definition) is 0. The number of hydrogen-bond donors (Lipinski definition) is 0. The molecule has 0 amide bonds. The molecule has 0 radical (unpaired) electrons. The standard InChI is InChI=1S/C27H29F/c1-3-5-7-22-8-10-23(11-9-22)14-17-25-18-19-26(20-27(25)28)24-15-12-21(6-4-2)13-16-24/h8-11,18-21,24H,3-4,6,12-13,15-16H2,1-2H3/t21-,24-. The lowest BCUT2D eigenvalue weighted by atomic mass is 9.77. The Bertz CT molecular complexity index is 891. The predicted octanol–water partition coefficient (Wildman–Crippen LogP) is 7.06. The Balaban J connectivity index is 1.66. The van der Waals surface area contributed by atoms with Gasteiger partial charge in [0.1, 0.15) is 5.82 Å². The molecule has 1 fully saturated rings. The van der Waals surface area contributed by atoms with Gasteiger partial charge < -0.3 is 0 Å². The van der Waals surface area contributed by atoms with Crippen LogP contribution in [-0.4, -0.2) is 0 Å². The van der Waals surface area contributed by atoms with E-state index >= 15 is 0 Å². The van der Waals surface area contributed by atoms with Gasteiger partial charge in [0.05, 0.1) is 5.56 Å². The van der Waals surface area contributed by atoms with E-state index in [4.69, 9.17) is 0 Å². The van der Waals surface area contributed by atoms with Crippen molar-refractivity contribution in [2.75, 3.05) is 0 Å². The van der Waals surface area contributed by atoms with Crippen LogP contribution in [0.25, 0.3) is 0 Å². The summed E-state index contributed by atoms with van der Waals surface area (Å²) in [6.07, 6.45) is 8.37. The van der Waals surface area contributed by atoms with Crippen molar-refractivity contribution in [2.24, 2.45) is 5.92 Å². The van der Waals surface area contributed by atoms with Crippen molar-refractivity contribution in [1.82, 2.24) is 0 Å². The molecule has 0 bridgehead atoms. The van der Waals surface area contributed by atoms with Crippen molar-refractivity contribution in [3.63, 3.8) is 0 Å². The molecule has 1 heteroatoms. The first-order valence-corrected chi connectivity index (χ1v) is 10.6. The first-order valence-electron chi connectivity index (χ1n) is 10.6. The van der Waals surface area contributed by atoms with E-state index in [9.17, 15) is 4.39 Å². The SMILES string of the molecule is CCC#Cc1ccc(C#Cc2ccc([C@H]3CC[C@H](CCC)CC3)cc2F)cc1. The summed E-state index contributed by atoms with van der Waals surface area (Å²) in [5, 5.41) is 0. The van der Waals surface area contributed by atoms with Gasteiger partial charge in [0, 0.05) is 17.5 Å². The molecular formula is C27H29F. The molecule has 1 saturated carbocycles. The van der Waals surface area contributed by atoms with Gasteiger partial charge in [-0.25, -0.2) is 4.39 Å². The van der Waals surface area contributed by atoms with Gasteiger partial charge in [0.15, 0.2) is 0 Å². The zero-order valence-electron chi connectivity index (χ0n) is 17.0. The lowest BCUT2D eigenvalue weighted by Crippen LogP contribution is -2.13. The molecule has 0 aromatic heterocycles. The van der Waals surface area contributed by atoms with Crippen LogP contribution in [0.4, 0.5) is 4.39 Å². The van der Waals surface area contributed by atoms with Gasteiger partial charge in [0.2, 0.25) is 0 Å². The maximum absolute atomic E-state index is 14.6. The molecule has 0 aliphatic heterocycles. The molecule has 0 N–H and O–H groups in total. The van der Waals surface area contributed by atoms with E-state index in [-0.39, 0.29) is 5.82 Å². The fourth-order valence-corrected chi connectivity index (χ4v) is 4.05. The molecule has 0 unspecified atom stereocenters. The average molecular weight is 373 g/mol. The molecule has 0 spiro atoms. The Morgan fingerprint density at radius 1 is 0.857 bits per heavy atom. The van der Waals surface area contributed by atoms with Crippen molar-refractivity contribution in [3.8, 4) is 23.7 Å². The lowest BCUT2D eigenvalue weighted by molar-refractivity contribution is 0.308. The predicted molar refractivity (Wildman–Crippen MR) is 116 cm³/mol. The molecule has 3 rings (SSSR count). The average Bonchev–Trinajstić information content (AvgIpc) is 2.73. The molecule has 0 atom stereocenters. The second-order valence-electron chi connectivity index (χ2n) is 7.73. The van der Waals surface area contributed by atoms with Crippen LogP contribution in [-0.2, 0) is 0 Å². The fourth-order valence-electron chi connectivity index (χ4n) is 4.05. The van der Waals surface area contributed by atoms with Crippen LogP contribution in [0.3, 0.4) is 0 Å². The van der Waals surface area contributed by atoms with E-state index in [2.05, 4.69) is 36.7 Å². The van der Waals surface area contributed by atoms with E-state index in [0.29, 0.717) is 11.5 Å². The highest BCUT2D eigenvalue weighted by atomic mass is 19.1. The van der Waals surface area contributed by atoms with E-state index in [1.165, 1.54) is 38.5 Å². The third-order valence-corrected chi connectivity index (χ3v) is 5.64. The Hall–Kier alpha value is -2.51. The summed E-state index contributed by atoms with van der Waals surface area (Å²) in [5.74, 6) is 13.4. The van der Waals surface area contributed by atoms with Gasteiger partial charge in [0.25, 0.3) is 0 Å². The van der Waals surface area contributed by atoms with Gasteiger partial charge in [-0.15, -0.1) is 0 Å². The summed E-state index contributed by atoms with van der Waals surface area (Å²) in [6, 6.07) is 13.4. The fraction of sp³-hybridized carbons (Fsp3) is 0.407. The number of halogens is 1. The molecule has 1 aliphatic carbocycles. The van der Waals surface area contributed by atoms with Crippen LogP contribution in [0.2, 0.25) is 0 Å². The van der Waals surface area contributed by atoms with E-state index in [1.807, 2.05) is 37.3 Å². The number of benzene rings is 2. The van der Waals surface area contributed by atoms with Crippen molar-refractivity contribution in [3.05, 3.63) is 70.5 Å². The molecule has 28 heavy (non-hydrogen) atoms. The smallest absolute Gasteiger partial charge is 0.139 e. The van der Waals surface area contributed by atoms with Crippen LogP contribution in [0.1, 0.15) is 87.0 Å². The summed E-state index contributed by atoms with van der Waals surface area (Å²) in [4.78, 5) is 0. The minimum Gasteiger partial charge on any atom is -0.206 e. The zero-order chi connectivity index (χ0) is 19.8. The first kappa shape index (κ1) is 20.2. The third kappa shape index (κ3) is 5.50. The van der Waals surface area contributed by atoms with Crippen molar-refractivity contribution in [1.29, 1.82) is 0 Å². The van der Waals surface area contributed by atoms with Gasteiger partial charge in [-0.05, 0) is 79.5 Å². The summed E-state index contributed by atoms with van der Waals surface area (Å²) < 4.78 is 14.6. The maximum Gasteiger partial charge on any atom is 0.139 e. The third-order valence-electron chi connectivity index (χ3n) is 5.64. The van der Waals surface area contributed by atoms with Crippen LogP contribution >= 0.6 is 0 Å². The molecule has 0 nitrogen and oxygen atoms in total. The van der Waals surface area contributed by atoms with Crippen LogP contribution in [0, 0.1) is 35.4 Å². The van der Waals surface area contributed by atoms with Crippen LogP contribution < -0.4 is 0 Å². The summed E-state index contributed by atoms with van der Waals surface area (Å²) in [6.45, 7) is 4.29. The van der Waals surface area contributed by atoms with Crippen LogP contribution in [0.5, 0.6) is 0 Å². The minimum atomic E-state index is -0.203. The van der Waals surface area contributed by atoms with E-state index in [0.717, 1.165) is 29.0 Å². The lowest BCUT2D eigenvalue weighted by Gasteiger charge is -2.28. The van der Waals surface area contributed by atoms with Crippen molar-refractivity contribution < 1.29 is 4.39 Å². The quantitative estimate of drug-likeness (QED) is 0.506. The second-order valence-corrected chi connectivity index (χ2v) is 7.73. The zero-order valence-corrected chi connectivity index (χ0v) is 17.0. The Morgan fingerprint density at radius 3 is 2.14 bits per heavy atom. The Labute approximate surface area is 169 Å². The largest absolute Gasteiger partial charge is 0.206 e. The second kappa shape index (κ2) is 10.1. The van der Waals surface area contributed by atoms with Gasteiger partial charge in [-0.1, -0.05) is 56.4 Å². The molecule has 0 saturated heterocycles. The highest BCUT2D eigenvalue weighted by Gasteiger charge is 2.22.